The molecule has 0 atom stereocenters. The number of carbonyl (C=O) groups is 1. The SMILES string of the molecule is COCCOCCCOOC(C)=O. The summed E-state index contributed by atoms with van der Waals surface area (Å²) in [6.07, 6.45) is 0.691. The molecule has 5 heteroatoms. The normalized spacial score (nSPS) is 10.0. The highest BCUT2D eigenvalue weighted by atomic mass is 17.2. The van der Waals surface area contributed by atoms with Crippen molar-refractivity contribution >= 4 is 5.97 Å². The Balaban J connectivity index is 2.87. The molecule has 0 aromatic carbocycles. The lowest BCUT2D eigenvalue weighted by atomic mass is 10.5. The molecule has 5 nitrogen and oxygen atoms in total. The molecule has 0 saturated carbocycles. The quantitative estimate of drug-likeness (QED) is 0.319. The van der Waals surface area contributed by atoms with Crippen molar-refractivity contribution in [2.45, 2.75) is 13.3 Å². The van der Waals surface area contributed by atoms with E-state index in [0.29, 0.717) is 32.8 Å². The van der Waals surface area contributed by atoms with Gasteiger partial charge in [-0.1, -0.05) is 0 Å². The van der Waals surface area contributed by atoms with Gasteiger partial charge in [0.25, 0.3) is 0 Å². The lowest BCUT2D eigenvalue weighted by Crippen LogP contribution is -2.07. The molecular weight excluding hydrogens is 176 g/mol. The highest BCUT2D eigenvalue weighted by Gasteiger charge is 1.93. The topological polar surface area (TPSA) is 54.0 Å². The second kappa shape index (κ2) is 9.44. The lowest BCUT2D eigenvalue weighted by Gasteiger charge is -2.03. The fraction of sp³-hybridized carbons (Fsp3) is 0.875. The van der Waals surface area contributed by atoms with Crippen LogP contribution < -0.4 is 0 Å². The van der Waals surface area contributed by atoms with E-state index in [9.17, 15) is 4.79 Å². The summed E-state index contributed by atoms with van der Waals surface area (Å²) in [6.45, 7) is 3.38. The van der Waals surface area contributed by atoms with Gasteiger partial charge in [0.05, 0.1) is 19.8 Å². The molecule has 0 radical (unpaired) electrons. The monoisotopic (exact) mass is 192 g/mol. The molecule has 0 aromatic rings. The summed E-state index contributed by atoms with van der Waals surface area (Å²) in [5.74, 6) is -0.444. The predicted octanol–water partition coefficient (Wildman–Crippen LogP) is 0.534. The summed E-state index contributed by atoms with van der Waals surface area (Å²) >= 11 is 0. The Kier molecular flexibility index (Phi) is 8.97. The van der Waals surface area contributed by atoms with Gasteiger partial charge in [0.2, 0.25) is 0 Å². The molecule has 0 N–H and O–H groups in total. The fourth-order valence-electron chi connectivity index (χ4n) is 0.589. The number of ether oxygens (including phenoxy) is 2. The van der Waals surface area contributed by atoms with E-state index < -0.39 is 5.97 Å². The van der Waals surface area contributed by atoms with E-state index in [-0.39, 0.29) is 0 Å². The maximum absolute atomic E-state index is 10.2. The molecule has 0 bridgehead atoms. The minimum Gasteiger partial charge on any atom is -0.382 e. The first kappa shape index (κ1) is 12.3. The van der Waals surface area contributed by atoms with E-state index in [0.717, 1.165) is 0 Å². The van der Waals surface area contributed by atoms with Gasteiger partial charge in [-0.15, -0.1) is 0 Å². The molecule has 13 heavy (non-hydrogen) atoms. The zero-order valence-electron chi connectivity index (χ0n) is 8.08. The molecule has 0 aliphatic rings. The third-order valence-corrected chi connectivity index (χ3v) is 1.12. The summed E-state index contributed by atoms with van der Waals surface area (Å²) < 4.78 is 9.91. The Hall–Kier alpha value is -0.650. The van der Waals surface area contributed by atoms with E-state index in [1.165, 1.54) is 6.92 Å². The molecule has 0 aromatic heterocycles. The average Bonchev–Trinajstić information content (AvgIpc) is 2.09. The summed E-state index contributed by atoms with van der Waals surface area (Å²) in [5.41, 5.74) is 0. The number of rotatable bonds is 8. The van der Waals surface area contributed by atoms with E-state index >= 15 is 0 Å². The first-order chi connectivity index (χ1) is 6.27. The molecule has 0 spiro atoms. The minimum atomic E-state index is -0.444. The van der Waals surface area contributed by atoms with E-state index in [4.69, 9.17) is 9.47 Å². The lowest BCUT2D eigenvalue weighted by molar-refractivity contribution is -0.271. The van der Waals surface area contributed by atoms with Crippen LogP contribution in [0.25, 0.3) is 0 Å². The van der Waals surface area contributed by atoms with Gasteiger partial charge in [-0.05, 0) is 6.42 Å². The number of hydrogen-bond acceptors (Lipinski definition) is 5. The Morgan fingerprint density at radius 1 is 1.15 bits per heavy atom. The first-order valence-corrected chi connectivity index (χ1v) is 4.14. The maximum atomic E-state index is 10.2. The highest BCUT2D eigenvalue weighted by Crippen LogP contribution is 1.87. The van der Waals surface area contributed by atoms with Crippen molar-refractivity contribution in [1.29, 1.82) is 0 Å². The van der Waals surface area contributed by atoms with Gasteiger partial charge in [-0.3, -0.25) is 4.89 Å². The van der Waals surface area contributed by atoms with Gasteiger partial charge in [-0.2, -0.15) is 4.89 Å². The second-order valence-corrected chi connectivity index (χ2v) is 2.36. The summed E-state index contributed by atoms with van der Waals surface area (Å²) in [5, 5.41) is 0. The van der Waals surface area contributed by atoms with Crippen LogP contribution in [0.4, 0.5) is 0 Å². The third-order valence-electron chi connectivity index (χ3n) is 1.12. The van der Waals surface area contributed by atoms with Crippen LogP contribution in [0.1, 0.15) is 13.3 Å². The van der Waals surface area contributed by atoms with Gasteiger partial charge in [0.1, 0.15) is 0 Å². The number of hydrogen-bond donors (Lipinski definition) is 0. The molecule has 0 heterocycles. The van der Waals surface area contributed by atoms with E-state index in [1.54, 1.807) is 7.11 Å². The molecule has 0 unspecified atom stereocenters. The first-order valence-electron chi connectivity index (χ1n) is 4.14. The Morgan fingerprint density at radius 2 is 1.92 bits per heavy atom. The Labute approximate surface area is 77.8 Å². The van der Waals surface area contributed by atoms with Crippen molar-refractivity contribution in [2.75, 3.05) is 33.5 Å². The van der Waals surface area contributed by atoms with Crippen LogP contribution >= 0.6 is 0 Å². The van der Waals surface area contributed by atoms with Crippen LogP contribution in [0.5, 0.6) is 0 Å². The summed E-state index contributed by atoms with van der Waals surface area (Å²) in [7, 11) is 1.62. The van der Waals surface area contributed by atoms with Crippen molar-refractivity contribution < 1.29 is 24.0 Å². The molecule has 0 aliphatic heterocycles. The van der Waals surface area contributed by atoms with Gasteiger partial charge in [0, 0.05) is 20.6 Å². The van der Waals surface area contributed by atoms with Crippen LogP contribution in [-0.2, 0) is 24.0 Å². The summed E-state index contributed by atoms with van der Waals surface area (Å²) in [6, 6.07) is 0. The van der Waals surface area contributed by atoms with Crippen LogP contribution in [0.15, 0.2) is 0 Å². The fourth-order valence-corrected chi connectivity index (χ4v) is 0.589. The summed E-state index contributed by atoms with van der Waals surface area (Å²) in [4.78, 5) is 19.0. The maximum Gasteiger partial charge on any atom is 0.339 e. The van der Waals surface area contributed by atoms with Gasteiger partial charge in [-0.25, -0.2) is 4.79 Å². The van der Waals surface area contributed by atoms with Crippen LogP contribution in [0.3, 0.4) is 0 Å². The number of methoxy groups -OCH3 is 1. The number of carbonyl (C=O) groups excluding carboxylic acids is 1. The van der Waals surface area contributed by atoms with Crippen LogP contribution in [-0.4, -0.2) is 39.5 Å². The average molecular weight is 192 g/mol. The van der Waals surface area contributed by atoms with Crippen molar-refractivity contribution in [2.24, 2.45) is 0 Å². The third kappa shape index (κ3) is 11.3. The largest absolute Gasteiger partial charge is 0.382 e. The zero-order chi connectivity index (χ0) is 9.94. The zero-order valence-corrected chi connectivity index (χ0v) is 8.08. The van der Waals surface area contributed by atoms with Crippen molar-refractivity contribution in [3.63, 3.8) is 0 Å². The molecule has 0 aliphatic carbocycles. The van der Waals surface area contributed by atoms with E-state index in [2.05, 4.69) is 9.78 Å². The predicted molar refractivity (Wildman–Crippen MR) is 45.0 cm³/mol. The van der Waals surface area contributed by atoms with Gasteiger partial charge in [0.15, 0.2) is 0 Å². The second-order valence-electron chi connectivity index (χ2n) is 2.36. The van der Waals surface area contributed by atoms with Crippen LogP contribution in [0, 0.1) is 0 Å². The Morgan fingerprint density at radius 3 is 2.54 bits per heavy atom. The van der Waals surface area contributed by atoms with Crippen molar-refractivity contribution in [3.05, 3.63) is 0 Å². The van der Waals surface area contributed by atoms with Crippen LogP contribution in [0.2, 0.25) is 0 Å². The molecule has 78 valence electrons. The standard InChI is InChI=1S/C8H16O5/c1-8(9)13-12-5-3-4-11-7-6-10-2/h3-7H2,1-2H3. The Bertz CT molecular complexity index is 126. The van der Waals surface area contributed by atoms with Gasteiger partial charge >= 0.3 is 5.97 Å². The molecule has 0 rings (SSSR count). The smallest absolute Gasteiger partial charge is 0.339 e. The highest BCUT2D eigenvalue weighted by molar-refractivity contribution is 5.65. The van der Waals surface area contributed by atoms with Crippen molar-refractivity contribution in [1.82, 2.24) is 0 Å². The van der Waals surface area contributed by atoms with Gasteiger partial charge < -0.3 is 9.47 Å². The molecular formula is C8H16O5. The molecule has 0 saturated heterocycles. The molecule has 0 amide bonds. The minimum absolute atomic E-state index is 0.354. The van der Waals surface area contributed by atoms with E-state index in [1.807, 2.05) is 0 Å². The van der Waals surface area contributed by atoms with Crippen molar-refractivity contribution in [3.8, 4) is 0 Å². The molecule has 0 fully saturated rings.